The number of nitrogens with one attached hydrogen (secondary N) is 2. The van der Waals surface area contributed by atoms with Crippen LogP contribution in [0.2, 0.25) is 0 Å². The molecule has 7 nitrogen and oxygen atoms in total. The first-order valence-electron chi connectivity index (χ1n) is 16.7. The number of aryl methyl sites for hydroxylation is 1. The molecule has 0 aliphatic carbocycles. The summed E-state index contributed by atoms with van der Waals surface area (Å²) in [5.41, 5.74) is 3.91. The highest BCUT2D eigenvalue weighted by molar-refractivity contribution is 5.92. The van der Waals surface area contributed by atoms with Crippen LogP contribution in [0.1, 0.15) is 100 Å². The van der Waals surface area contributed by atoms with Gasteiger partial charge >= 0.3 is 6.09 Å². The Bertz CT molecular complexity index is 1390. The second-order valence-corrected chi connectivity index (χ2v) is 13.1. The van der Waals surface area contributed by atoms with Crippen molar-refractivity contribution < 1.29 is 19.1 Å². The summed E-state index contributed by atoms with van der Waals surface area (Å²) in [5, 5.41) is 5.98. The van der Waals surface area contributed by atoms with E-state index < -0.39 is 23.8 Å². The summed E-state index contributed by atoms with van der Waals surface area (Å²) in [4.78, 5) is 43.8. The maximum atomic E-state index is 14.8. The minimum absolute atomic E-state index is 0.257. The zero-order chi connectivity index (χ0) is 33.5. The fourth-order valence-electron chi connectivity index (χ4n) is 5.53. The lowest BCUT2D eigenvalue weighted by Crippen LogP contribution is -2.54. The molecule has 2 unspecified atom stereocenters. The van der Waals surface area contributed by atoms with Crippen LogP contribution in [0, 0.1) is 13.8 Å². The van der Waals surface area contributed by atoms with Crippen LogP contribution >= 0.6 is 0 Å². The molecule has 3 amide bonds. The largest absolute Gasteiger partial charge is 0.444 e. The van der Waals surface area contributed by atoms with E-state index in [9.17, 15) is 14.4 Å². The summed E-state index contributed by atoms with van der Waals surface area (Å²) in [6.45, 7) is 12.3. The highest BCUT2D eigenvalue weighted by atomic mass is 16.6. The highest BCUT2D eigenvalue weighted by Crippen LogP contribution is 2.28. The third-order valence-corrected chi connectivity index (χ3v) is 8.12. The van der Waals surface area contributed by atoms with Crippen molar-refractivity contribution in [1.29, 1.82) is 0 Å². The van der Waals surface area contributed by atoms with Gasteiger partial charge in [0.1, 0.15) is 17.7 Å². The first-order chi connectivity index (χ1) is 22.0. The van der Waals surface area contributed by atoms with Gasteiger partial charge in [-0.15, -0.1) is 0 Å². The first kappa shape index (κ1) is 36.3. The smallest absolute Gasteiger partial charge is 0.408 e. The lowest BCUT2D eigenvalue weighted by Gasteiger charge is -2.35. The van der Waals surface area contributed by atoms with Crippen LogP contribution in [0.5, 0.6) is 0 Å². The molecule has 0 fully saturated rings. The van der Waals surface area contributed by atoms with Gasteiger partial charge in [-0.2, -0.15) is 0 Å². The number of hydrogen-bond acceptors (Lipinski definition) is 4. The Balaban J connectivity index is 2.04. The number of hydrogen-bond donors (Lipinski definition) is 2. The van der Waals surface area contributed by atoms with E-state index in [2.05, 4.69) is 17.6 Å². The van der Waals surface area contributed by atoms with Crippen LogP contribution in [0.3, 0.4) is 0 Å². The maximum absolute atomic E-state index is 14.8. The van der Waals surface area contributed by atoms with Gasteiger partial charge in [-0.3, -0.25) is 9.59 Å². The maximum Gasteiger partial charge on any atom is 0.408 e. The fraction of sp³-hybridized carbons (Fsp3) is 0.462. The van der Waals surface area contributed by atoms with Crippen molar-refractivity contribution in [2.75, 3.05) is 6.54 Å². The SMILES string of the molecule is CCCCCCCCN(C(=O)C(Cc1ccccc1)NC(=O)OC(C)(C)C)C(C(=O)NCc1ccccc1)c1cccc(C)c1C. The quantitative estimate of drug-likeness (QED) is 0.158. The van der Waals surface area contributed by atoms with Crippen LogP contribution in [-0.2, 0) is 27.3 Å². The average Bonchev–Trinajstić information content (AvgIpc) is 3.02. The lowest BCUT2D eigenvalue weighted by molar-refractivity contribution is -0.142. The molecule has 0 aliphatic heterocycles. The Morgan fingerprint density at radius 3 is 2.02 bits per heavy atom. The average molecular weight is 628 g/mol. The third kappa shape index (κ3) is 11.7. The van der Waals surface area contributed by atoms with E-state index in [-0.39, 0.29) is 18.2 Å². The molecule has 0 spiro atoms. The zero-order valence-corrected chi connectivity index (χ0v) is 28.6. The summed E-state index contributed by atoms with van der Waals surface area (Å²) in [6, 6.07) is 23.4. The van der Waals surface area contributed by atoms with Gasteiger partial charge in [-0.25, -0.2) is 4.79 Å². The molecule has 7 heteroatoms. The monoisotopic (exact) mass is 627 g/mol. The minimum atomic E-state index is -0.938. The molecule has 0 aromatic heterocycles. The Hall–Kier alpha value is -4.13. The molecule has 2 N–H and O–H groups in total. The molecule has 0 heterocycles. The summed E-state index contributed by atoms with van der Waals surface area (Å²) in [5.74, 6) is -0.573. The van der Waals surface area contributed by atoms with Crippen molar-refractivity contribution in [3.63, 3.8) is 0 Å². The van der Waals surface area contributed by atoms with E-state index in [0.717, 1.165) is 59.9 Å². The number of alkyl carbamates (subject to hydrolysis) is 1. The topological polar surface area (TPSA) is 87.7 Å². The summed E-state index contributed by atoms with van der Waals surface area (Å²) in [6.07, 6.45) is 5.81. The van der Waals surface area contributed by atoms with Crippen molar-refractivity contribution in [1.82, 2.24) is 15.5 Å². The number of ether oxygens (including phenoxy) is 1. The highest BCUT2D eigenvalue weighted by Gasteiger charge is 2.37. The molecule has 46 heavy (non-hydrogen) atoms. The van der Waals surface area contributed by atoms with Gasteiger partial charge in [-0.05, 0) is 68.9 Å². The van der Waals surface area contributed by atoms with Crippen LogP contribution in [-0.4, -0.2) is 41.0 Å². The number of carbonyl (C=O) groups excluding carboxylic acids is 3. The summed E-state index contributed by atoms with van der Waals surface area (Å²) in [7, 11) is 0. The summed E-state index contributed by atoms with van der Waals surface area (Å²) < 4.78 is 5.59. The second kappa shape index (κ2) is 18.1. The van der Waals surface area contributed by atoms with Gasteiger partial charge in [0.2, 0.25) is 11.8 Å². The fourth-order valence-corrected chi connectivity index (χ4v) is 5.53. The van der Waals surface area contributed by atoms with E-state index in [1.54, 1.807) is 25.7 Å². The number of amides is 3. The normalized spacial score (nSPS) is 12.6. The molecule has 3 rings (SSSR count). The molecule has 0 saturated heterocycles. The number of rotatable bonds is 16. The summed E-state index contributed by atoms with van der Waals surface area (Å²) >= 11 is 0. The minimum Gasteiger partial charge on any atom is -0.444 e. The van der Waals surface area contributed by atoms with Crippen LogP contribution < -0.4 is 10.6 Å². The Morgan fingerprint density at radius 1 is 0.783 bits per heavy atom. The van der Waals surface area contributed by atoms with Crippen molar-refractivity contribution in [3.05, 3.63) is 107 Å². The van der Waals surface area contributed by atoms with E-state index in [0.29, 0.717) is 13.1 Å². The van der Waals surface area contributed by atoms with Gasteiger partial charge in [0.05, 0.1) is 0 Å². The van der Waals surface area contributed by atoms with Crippen LogP contribution in [0.25, 0.3) is 0 Å². The van der Waals surface area contributed by atoms with Crippen molar-refractivity contribution in [3.8, 4) is 0 Å². The van der Waals surface area contributed by atoms with E-state index >= 15 is 0 Å². The second-order valence-electron chi connectivity index (χ2n) is 13.1. The molecule has 0 aliphatic rings. The molecule has 2 atom stereocenters. The standard InChI is InChI=1S/C39H53N3O4/c1-7-8-9-10-11-18-26-42(37(44)34(27-31-21-14-12-15-22-31)41-38(45)46-39(4,5)6)35(33-25-19-20-29(2)30(33)3)36(43)40-28-32-23-16-13-17-24-32/h12-17,19-25,34-35H,7-11,18,26-28H2,1-6H3,(H,40,43)(H,41,45). The van der Waals surface area contributed by atoms with Gasteiger partial charge in [-0.1, -0.05) is 118 Å². The lowest BCUT2D eigenvalue weighted by atomic mass is 9.94. The van der Waals surface area contributed by atoms with E-state index in [1.807, 2.05) is 92.7 Å². The molecule has 3 aromatic rings. The molecule has 248 valence electrons. The number of benzene rings is 3. The predicted octanol–water partition coefficient (Wildman–Crippen LogP) is 7.99. The van der Waals surface area contributed by atoms with Gasteiger partial charge in [0, 0.05) is 19.5 Å². The Labute approximate surface area is 276 Å². The van der Waals surface area contributed by atoms with Crippen molar-refractivity contribution in [2.45, 2.75) is 111 Å². The Morgan fingerprint density at radius 2 is 1.39 bits per heavy atom. The molecular formula is C39H53N3O4. The first-order valence-corrected chi connectivity index (χ1v) is 16.7. The van der Waals surface area contributed by atoms with E-state index in [4.69, 9.17) is 4.74 Å². The van der Waals surface area contributed by atoms with Gasteiger partial charge in [0.25, 0.3) is 0 Å². The molecule has 0 radical (unpaired) electrons. The predicted molar refractivity (Wildman–Crippen MR) is 185 cm³/mol. The van der Waals surface area contributed by atoms with Crippen LogP contribution in [0.4, 0.5) is 4.79 Å². The van der Waals surface area contributed by atoms with E-state index in [1.165, 1.54) is 6.42 Å². The van der Waals surface area contributed by atoms with Gasteiger partial charge < -0.3 is 20.3 Å². The molecule has 3 aromatic carbocycles. The number of carbonyl (C=O) groups is 3. The Kier molecular flexibility index (Phi) is 14.3. The molecule has 0 bridgehead atoms. The molecular weight excluding hydrogens is 574 g/mol. The van der Waals surface area contributed by atoms with Crippen molar-refractivity contribution >= 4 is 17.9 Å². The van der Waals surface area contributed by atoms with Crippen molar-refractivity contribution in [2.24, 2.45) is 0 Å². The number of nitrogens with zero attached hydrogens (tertiary/aromatic N) is 1. The third-order valence-electron chi connectivity index (χ3n) is 8.12. The zero-order valence-electron chi connectivity index (χ0n) is 28.6. The number of unbranched alkanes of at least 4 members (excludes halogenated alkanes) is 5. The van der Waals surface area contributed by atoms with Crippen LogP contribution in [0.15, 0.2) is 78.9 Å². The van der Waals surface area contributed by atoms with Gasteiger partial charge in [0.15, 0.2) is 0 Å². The molecule has 0 saturated carbocycles.